The Hall–Kier alpha value is -0.990. The maximum absolute atomic E-state index is 4.06. The number of nitrogens with one attached hydrogen (secondary N) is 2. The average molecular weight is 137 g/mol. The number of anilines is 1. The van der Waals surface area contributed by atoms with Gasteiger partial charge in [-0.05, 0) is 18.8 Å². The van der Waals surface area contributed by atoms with Crippen molar-refractivity contribution in [1.82, 2.24) is 10.2 Å². The van der Waals surface area contributed by atoms with Crippen molar-refractivity contribution in [3.05, 3.63) is 11.8 Å². The highest BCUT2D eigenvalue weighted by Gasteiger charge is 2.26. The SMILES string of the molecule is CNc1n[nH]cc1C1CC1. The zero-order valence-corrected chi connectivity index (χ0v) is 6.02. The molecule has 1 aliphatic rings. The van der Waals surface area contributed by atoms with Crippen molar-refractivity contribution < 1.29 is 0 Å². The summed E-state index contributed by atoms with van der Waals surface area (Å²) in [5.74, 6) is 1.80. The van der Waals surface area contributed by atoms with Gasteiger partial charge in [-0.15, -0.1) is 0 Å². The van der Waals surface area contributed by atoms with E-state index in [4.69, 9.17) is 0 Å². The van der Waals surface area contributed by atoms with Crippen LogP contribution < -0.4 is 5.32 Å². The second-order valence-corrected chi connectivity index (χ2v) is 2.71. The molecule has 0 aliphatic heterocycles. The van der Waals surface area contributed by atoms with Crippen molar-refractivity contribution in [3.63, 3.8) is 0 Å². The van der Waals surface area contributed by atoms with E-state index >= 15 is 0 Å². The minimum absolute atomic E-state index is 0.779. The van der Waals surface area contributed by atoms with E-state index in [2.05, 4.69) is 15.5 Å². The van der Waals surface area contributed by atoms with Crippen molar-refractivity contribution in [2.75, 3.05) is 12.4 Å². The van der Waals surface area contributed by atoms with Crippen LogP contribution in [0.5, 0.6) is 0 Å². The molecular weight excluding hydrogens is 126 g/mol. The van der Waals surface area contributed by atoms with Crippen molar-refractivity contribution in [2.45, 2.75) is 18.8 Å². The third-order valence-electron chi connectivity index (χ3n) is 1.92. The van der Waals surface area contributed by atoms with E-state index in [0.29, 0.717) is 0 Å². The summed E-state index contributed by atoms with van der Waals surface area (Å²) < 4.78 is 0. The predicted molar refractivity (Wildman–Crippen MR) is 40.1 cm³/mol. The van der Waals surface area contributed by atoms with Gasteiger partial charge in [0.15, 0.2) is 5.82 Å². The Morgan fingerprint density at radius 1 is 1.70 bits per heavy atom. The summed E-state index contributed by atoms with van der Waals surface area (Å²) in [4.78, 5) is 0. The molecule has 0 saturated heterocycles. The lowest BCUT2D eigenvalue weighted by Crippen LogP contribution is -1.91. The standard InChI is InChI=1S/C7H11N3/c1-8-7-6(4-9-10-7)5-2-3-5/h4-5H,2-3H2,1H3,(H2,8,9,10). The van der Waals surface area contributed by atoms with Crippen LogP contribution in [0.2, 0.25) is 0 Å². The van der Waals surface area contributed by atoms with Gasteiger partial charge in [0.2, 0.25) is 0 Å². The Bertz CT molecular complexity index is 225. The molecule has 0 aromatic carbocycles. The summed E-state index contributed by atoms with van der Waals surface area (Å²) in [6.07, 6.45) is 4.64. The smallest absolute Gasteiger partial charge is 0.150 e. The zero-order valence-electron chi connectivity index (χ0n) is 6.02. The molecule has 3 nitrogen and oxygen atoms in total. The molecule has 1 aliphatic carbocycles. The molecule has 2 rings (SSSR count). The third-order valence-corrected chi connectivity index (χ3v) is 1.92. The van der Waals surface area contributed by atoms with E-state index in [-0.39, 0.29) is 0 Å². The Kier molecular flexibility index (Phi) is 1.16. The van der Waals surface area contributed by atoms with Crippen LogP contribution in [0, 0.1) is 0 Å². The van der Waals surface area contributed by atoms with Crippen LogP contribution in [0.4, 0.5) is 5.82 Å². The summed E-state index contributed by atoms with van der Waals surface area (Å²) in [5, 5.41) is 9.97. The minimum atomic E-state index is 0.779. The first-order valence-corrected chi connectivity index (χ1v) is 3.63. The molecular formula is C7H11N3. The molecule has 0 amide bonds. The number of aromatic nitrogens is 2. The van der Waals surface area contributed by atoms with Crippen LogP contribution in [-0.2, 0) is 0 Å². The summed E-state index contributed by atoms with van der Waals surface area (Å²) >= 11 is 0. The van der Waals surface area contributed by atoms with Gasteiger partial charge in [0.25, 0.3) is 0 Å². The Labute approximate surface area is 59.8 Å². The molecule has 54 valence electrons. The van der Waals surface area contributed by atoms with Gasteiger partial charge in [0.1, 0.15) is 0 Å². The Morgan fingerprint density at radius 3 is 3.10 bits per heavy atom. The number of H-pyrrole nitrogens is 1. The molecule has 10 heavy (non-hydrogen) atoms. The van der Waals surface area contributed by atoms with Gasteiger partial charge in [-0.1, -0.05) is 0 Å². The highest BCUT2D eigenvalue weighted by atomic mass is 15.2. The maximum Gasteiger partial charge on any atom is 0.150 e. The molecule has 0 atom stereocenters. The fourth-order valence-electron chi connectivity index (χ4n) is 1.21. The molecule has 1 aromatic heterocycles. The first kappa shape index (κ1) is 5.77. The molecule has 0 spiro atoms. The van der Waals surface area contributed by atoms with Gasteiger partial charge in [-0.3, -0.25) is 5.10 Å². The summed E-state index contributed by atoms with van der Waals surface area (Å²) in [6, 6.07) is 0. The van der Waals surface area contributed by atoms with Crippen LogP contribution in [0.1, 0.15) is 24.3 Å². The largest absolute Gasteiger partial charge is 0.371 e. The highest BCUT2D eigenvalue weighted by molar-refractivity contribution is 5.45. The van der Waals surface area contributed by atoms with Crippen molar-refractivity contribution in [1.29, 1.82) is 0 Å². The van der Waals surface area contributed by atoms with Gasteiger partial charge in [0.05, 0.1) is 0 Å². The number of hydrogen-bond donors (Lipinski definition) is 2. The molecule has 1 heterocycles. The van der Waals surface area contributed by atoms with E-state index < -0.39 is 0 Å². The quantitative estimate of drug-likeness (QED) is 0.645. The molecule has 3 heteroatoms. The van der Waals surface area contributed by atoms with Gasteiger partial charge in [0, 0.05) is 18.8 Å². The second kappa shape index (κ2) is 2.01. The first-order valence-electron chi connectivity index (χ1n) is 3.63. The summed E-state index contributed by atoms with van der Waals surface area (Å²) in [5.41, 5.74) is 1.35. The van der Waals surface area contributed by atoms with E-state index in [1.165, 1.54) is 18.4 Å². The second-order valence-electron chi connectivity index (χ2n) is 2.71. The van der Waals surface area contributed by atoms with Crippen LogP contribution in [0.3, 0.4) is 0 Å². The monoisotopic (exact) mass is 137 g/mol. The zero-order chi connectivity index (χ0) is 6.97. The van der Waals surface area contributed by atoms with E-state index in [1.54, 1.807) is 0 Å². The Balaban J connectivity index is 2.28. The highest BCUT2D eigenvalue weighted by Crippen LogP contribution is 2.42. The normalized spacial score (nSPS) is 17.3. The van der Waals surface area contributed by atoms with Crippen molar-refractivity contribution in [2.24, 2.45) is 0 Å². The average Bonchev–Trinajstić information content (AvgIpc) is 2.69. The van der Waals surface area contributed by atoms with E-state index in [9.17, 15) is 0 Å². The number of nitrogens with zero attached hydrogens (tertiary/aromatic N) is 1. The lowest BCUT2D eigenvalue weighted by molar-refractivity contribution is 1.09. The van der Waals surface area contributed by atoms with Gasteiger partial charge < -0.3 is 5.32 Å². The first-order chi connectivity index (χ1) is 4.92. The van der Waals surface area contributed by atoms with Crippen LogP contribution in [0.15, 0.2) is 6.20 Å². The molecule has 2 N–H and O–H groups in total. The fourth-order valence-corrected chi connectivity index (χ4v) is 1.21. The van der Waals surface area contributed by atoms with Crippen molar-refractivity contribution >= 4 is 5.82 Å². The maximum atomic E-state index is 4.06. The molecule has 1 aromatic rings. The molecule has 0 unspecified atom stereocenters. The molecule has 1 saturated carbocycles. The number of aromatic amines is 1. The summed E-state index contributed by atoms with van der Waals surface area (Å²) in [6.45, 7) is 0. The topological polar surface area (TPSA) is 40.7 Å². The van der Waals surface area contributed by atoms with E-state index in [0.717, 1.165) is 11.7 Å². The predicted octanol–water partition coefficient (Wildman–Crippen LogP) is 1.33. The third kappa shape index (κ3) is 0.781. The van der Waals surface area contributed by atoms with E-state index in [1.807, 2.05) is 13.2 Å². The van der Waals surface area contributed by atoms with Crippen LogP contribution >= 0.6 is 0 Å². The van der Waals surface area contributed by atoms with Gasteiger partial charge in [-0.2, -0.15) is 5.10 Å². The van der Waals surface area contributed by atoms with Crippen molar-refractivity contribution in [3.8, 4) is 0 Å². The fraction of sp³-hybridized carbons (Fsp3) is 0.571. The molecule has 1 fully saturated rings. The molecule has 0 bridgehead atoms. The molecule has 0 radical (unpaired) electrons. The lowest BCUT2D eigenvalue weighted by atomic mass is 10.2. The lowest BCUT2D eigenvalue weighted by Gasteiger charge is -1.95. The van der Waals surface area contributed by atoms with Gasteiger partial charge >= 0.3 is 0 Å². The summed E-state index contributed by atoms with van der Waals surface area (Å²) in [7, 11) is 1.90. The number of hydrogen-bond acceptors (Lipinski definition) is 2. The minimum Gasteiger partial charge on any atom is -0.371 e. The number of rotatable bonds is 2. The Morgan fingerprint density at radius 2 is 2.50 bits per heavy atom. The van der Waals surface area contributed by atoms with Crippen LogP contribution in [0.25, 0.3) is 0 Å². The van der Waals surface area contributed by atoms with Gasteiger partial charge in [-0.25, -0.2) is 0 Å². The van der Waals surface area contributed by atoms with Crippen LogP contribution in [-0.4, -0.2) is 17.2 Å².